The van der Waals surface area contributed by atoms with E-state index in [2.05, 4.69) is 37.3 Å². The lowest BCUT2D eigenvalue weighted by Crippen LogP contribution is -2.54. The monoisotopic (exact) mass is 728 g/mol. The average molecular weight is 729 g/mol. The van der Waals surface area contributed by atoms with Crippen molar-refractivity contribution in [2.75, 3.05) is 24.7 Å². The van der Waals surface area contributed by atoms with Crippen LogP contribution in [-0.2, 0) is 14.4 Å². The van der Waals surface area contributed by atoms with E-state index in [-0.39, 0.29) is 35.8 Å². The highest BCUT2D eigenvalue weighted by molar-refractivity contribution is 6.23. The number of anilines is 3. The first-order valence-corrected chi connectivity index (χ1v) is 18.2. The maximum atomic E-state index is 13.0. The fourth-order valence-corrected chi connectivity index (χ4v) is 7.16. The van der Waals surface area contributed by atoms with Gasteiger partial charge < -0.3 is 20.1 Å². The van der Waals surface area contributed by atoms with E-state index in [0.717, 1.165) is 47.3 Å². The number of rotatable bonds is 10. The number of hydrogen-bond donors (Lipinski definition) is 3. The Morgan fingerprint density at radius 3 is 2.43 bits per heavy atom. The number of amides is 6. The molecule has 14 heteroatoms. The molecule has 3 aliphatic rings. The maximum Gasteiger partial charge on any atom is 0.262 e. The SMILES string of the molecule is CN(C)C(=O)c1cn(C2CCCC2)c2nc(Nc3ccc(NC(=O)CCCCC#Cc4ccc5c(c4)C(=O)N(C4CCC(=O)NC4=O)C5=O)cc3)ncc12. The molecule has 1 saturated carbocycles. The van der Waals surface area contributed by atoms with Gasteiger partial charge in [-0.3, -0.25) is 39.0 Å². The molecule has 1 unspecified atom stereocenters. The molecule has 14 nitrogen and oxygen atoms in total. The van der Waals surface area contributed by atoms with E-state index in [1.807, 2.05) is 18.3 Å². The highest BCUT2D eigenvalue weighted by Gasteiger charge is 2.44. The van der Waals surface area contributed by atoms with Crippen LogP contribution in [0.25, 0.3) is 11.0 Å². The quantitative estimate of drug-likeness (QED) is 0.116. The van der Waals surface area contributed by atoms with Gasteiger partial charge >= 0.3 is 0 Å². The third-order valence-corrected chi connectivity index (χ3v) is 9.98. The lowest BCUT2D eigenvalue weighted by atomic mass is 10.0. The Labute approximate surface area is 311 Å². The first-order chi connectivity index (χ1) is 26.1. The van der Waals surface area contributed by atoms with E-state index in [1.54, 1.807) is 49.5 Å². The number of nitrogens with one attached hydrogen (secondary N) is 3. The number of hydrogen-bond acceptors (Lipinski definition) is 9. The van der Waals surface area contributed by atoms with Gasteiger partial charge in [-0.15, -0.1) is 0 Å². The summed E-state index contributed by atoms with van der Waals surface area (Å²) < 4.78 is 2.12. The second-order valence-corrected chi connectivity index (χ2v) is 14.0. The molecule has 0 bridgehead atoms. The Hall–Kier alpha value is -6.36. The van der Waals surface area contributed by atoms with Crippen molar-refractivity contribution in [3.05, 3.63) is 77.1 Å². The first-order valence-electron chi connectivity index (χ1n) is 18.2. The van der Waals surface area contributed by atoms with Gasteiger partial charge in [0.05, 0.1) is 22.1 Å². The number of imide groups is 2. The Balaban J connectivity index is 0.885. The molecule has 276 valence electrons. The zero-order valence-electron chi connectivity index (χ0n) is 30.1. The highest BCUT2D eigenvalue weighted by atomic mass is 16.2. The van der Waals surface area contributed by atoms with Crippen molar-refractivity contribution >= 4 is 63.8 Å². The van der Waals surface area contributed by atoms with Crippen LogP contribution in [0.5, 0.6) is 0 Å². The molecule has 1 saturated heterocycles. The van der Waals surface area contributed by atoms with Crippen LogP contribution in [0.3, 0.4) is 0 Å². The minimum atomic E-state index is -1.02. The molecular formula is C40H40N8O6. The predicted octanol–water partition coefficient (Wildman–Crippen LogP) is 4.94. The molecule has 54 heavy (non-hydrogen) atoms. The van der Waals surface area contributed by atoms with Crippen LogP contribution in [0.4, 0.5) is 17.3 Å². The summed E-state index contributed by atoms with van der Waals surface area (Å²) in [6.07, 6.45) is 10.3. The second kappa shape index (κ2) is 15.3. The van der Waals surface area contributed by atoms with Gasteiger partial charge in [-0.1, -0.05) is 24.7 Å². The molecule has 0 radical (unpaired) electrons. The molecule has 2 aromatic heterocycles. The molecule has 2 fully saturated rings. The van der Waals surface area contributed by atoms with E-state index in [0.29, 0.717) is 54.5 Å². The van der Waals surface area contributed by atoms with Gasteiger partial charge in [0.15, 0.2) is 0 Å². The summed E-state index contributed by atoms with van der Waals surface area (Å²) in [6.45, 7) is 0. The van der Waals surface area contributed by atoms with Crippen LogP contribution >= 0.6 is 0 Å². The molecule has 6 amide bonds. The molecule has 1 atom stereocenters. The molecule has 2 aromatic carbocycles. The summed E-state index contributed by atoms with van der Waals surface area (Å²) in [5.41, 5.74) is 3.69. The Bertz CT molecular complexity index is 2240. The van der Waals surface area contributed by atoms with E-state index in [1.165, 1.54) is 6.07 Å². The van der Waals surface area contributed by atoms with Crippen LogP contribution < -0.4 is 16.0 Å². The number of aromatic nitrogens is 3. The summed E-state index contributed by atoms with van der Waals surface area (Å²) in [4.78, 5) is 87.0. The molecule has 7 rings (SSSR count). The number of nitrogens with zero attached hydrogens (tertiary/aromatic N) is 5. The maximum absolute atomic E-state index is 13.0. The summed E-state index contributed by atoms with van der Waals surface area (Å²) in [5, 5.41) is 9.08. The van der Waals surface area contributed by atoms with Gasteiger partial charge in [0.1, 0.15) is 11.7 Å². The minimum absolute atomic E-state index is 0.0583. The normalized spacial score (nSPS) is 16.9. The highest BCUT2D eigenvalue weighted by Crippen LogP contribution is 2.34. The topological polar surface area (TPSA) is 176 Å². The van der Waals surface area contributed by atoms with Crippen LogP contribution in [0.2, 0.25) is 0 Å². The third kappa shape index (κ3) is 7.43. The molecule has 0 spiro atoms. The molecular weight excluding hydrogens is 688 g/mol. The van der Waals surface area contributed by atoms with E-state index < -0.39 is 29.7 Å². The molecule has 1 aliphatic carbocycles. The van der Waals surface area contributed by atoms with E-state index in [4.69, 9.17) is 4.98 Å². The number of unbranched alkanes of at least 4 members (excludes halogenated alkanes) is 2. The Morgan fingerprint density at radius 2 is 1.69 bits per heavy atom. The fraction of sp³-hybridized carbons (Fsp3) is 0.350. The smallest absolute Gasteiger partial charge is 0.262 e. The van der Waals surface area contributed by atoms with E-state index in [9.17, 15) is 28.8 Å². The molecule has 3 N–H and O–H groups in total. The molecule has 4 heterocycles. The van der Waals surface area contributed by atoms with Gasteiger partial charge in [-0.2, -0.15) is 4.98 Å². The van der Waals surface area contributed by atoms with Gasteiger partial charge in [0.25, 0.3) is 17.7 Å². The van der Waals surface area contributed by atoms with Crippen molar-refractivity contribution in [3.63, 3.8) is 0 Å². The summed E-state index contributed by atoms with van der Waals surface area (Å²) >= 11 is 0. The largest absolute Gasteiger partial charge is 0.345 e. The lowest BCUT2D eigenvalue weighted by molar-refractivity contribution is -0.136. The minimum Gasteiger partial charge on any atom is -0.345 e. The zero-order chi connectivity index (χ0) is 37.9. The lowest BCUT2D eigenvalue weighted by Gasteiger charge is -2.27. The van der Waals surface area contributed by atoms with Gasteiger partial charge in [0.2, 0.25) is 23.7 Å². The first kappa shape index (κ1) is 36.0. The van der Waals surface area contributed by atoms with Crippen LogP contribution in [0.1, 0.15) is 107 Å². The Morgan fingerprint density at radius 1 is 0.944 bits per heavy atom. The number of carbonyl (C=O) groups excluding carboxylic acids is 6. The van der Waals surface area contributed by atoms with Gasteiger partial charge in [0, 0.05) is 68.7 Å². The number of fused-ring (bicyclic) bond motifs is 2. The molecule has 2 aliphatic heterocycles. The van der Waals surface area contributed by atoms with Crippen LogP contribution in [0, 0.1) is 11.8 Å². The fourth-order valence-electron chi connectivity index (χ4n) is 7.16. The number of carbonyl (C=O) groups is 6. The predicted molar refractivity (Wildman–Crippen MR) is 200 cm³/mol. The van der Waals surface area contributed by atoms with Crippen molar-refractivity contribution in [1.29, 1.82) is 0 Å². The number of piperidine rings is 1. The van der Waals surface area contributed by atoms with E-state index >= 15 is 0 Å². The molecule has 4 aromatic rings. The summed E-state index contributed by atoms with van der Waals surface area (Å²) in [5.74, 6) is 4.09. The van der Waals surface area contributed by atoms with Crippen molar-refractivity contribution in [2.45, 2.75) is 76.3 Å². The van der Waals surface area contributed by atoms with Crippen LogP contribution in [-0.4, -0.2) is 79.9 Å². The number of benzene rings is 2. The summed E-state index contributed by atoms with van der Waals surface area (Å²) in [7, 11) is 3.47. The van der Waals surface area contributed by atoms with Gasteiger partial charge in [-0.05, 0) is 74.6 Å². The van der Waals surface area contributed by atoms with Crippen molar-refractivity contribution < 1.29 is 28.8 Å². The zero-order valence-corrected chi connectivity index (χ0v) is 30.1. The summed E-state index contributed by atoms with van der Waals surface area (Å²) in [6, 6.07) is 11.3. The third-order valence-electron chi connectivity index (χ3n) is 9.98. The van der Waals surface area contributed by atoms with Crippen molar-refractivity contribution in [3.8, 4) is 11.8 Å². The van der Waals surface area contributed by atoms with Gasteiger partial charge in [-0.25, -0.2) is 4.98 Å². The van der Waals surface area contributed by atoms with Crippen LogP contribution in [0.15, 0.2) is 54.9 Å². The Kier molecular flexibility index (Phi) is 10.2. The van der Waals surface area contributed by atoms with Crippen molar-refractivity contribution in [2.24, 2.45) is 0 Å². The second-order valence-electron chi connectivity index (χ2n) is 14.0. The standard InChI is InChI=1S/C40H40N8O6/c1-46(2)37(52)31-23-47(27-10-7-8-11-27)35-30(31)22-41-40(45-35)43-26-16-14-25(15-17-26)42-33(49)12-6-4-3-5-9-24-13-18-28-29(21-24)39(54)48(38(28)53)32-19-20-34(50)44-36(32)51/h13-18,21-23,27,32H,3-4,6-8,10-12,19-20H2,1-2H3,(H,42,49)(H,41,43,45)(H,44,50,51). The average Bonchev–Trinajstić information content (AvgIpc) is 3.88. The van der Waals surface area contributed by atoms with Crippen molar-refractivity contribution in [1.82, 2.24) is 29.7 Å².